The van der Waals surface area contributed by atoms with Gasteiger partial charge in [-0.25, -0.2) is 0 Å². The molecule has 7 heteroatoms. The smallest absolute Gasteiger partial charge is 0.247 e. The van der Waals surface area contributed by atoms with Crippen molar-refractivity contribution in [2.24, 2.45) is 5.92 Å². The van der Waals surface area contributed by atoms with Crippen LogP contribution in [0, 0.1) is 5.92 Å². The van der Waals surface area contributed by atoms with Gasteiger partial charge in [-0.05, 0) is 36.5 Å². The summed E-state index contributed by atoms with van der Waals surface area (Å²) in [4.78, 5) is 27.2. The molecule has 0 spiro atoms. The maximum Gasteiger partial charge on any atom is 0.247 e. The van der Waals surface area contributed by atoms with Crippen molar-refractivity contribution in [1.82, 2.24) is 10.2 Å². The van der Waals surface area contributed by atoms with Crippen molar-refractivity contribution >= 4 is 35.0 Å². The van der Waals surface area contributed by atoms with Crippen molar-refractivity contribution in [3.8, 4) is 0 Å². The van der Waals surface area contributed by atoms with Crippen LogP contribution < -0.4 is 5.32 Å². The Morgan fingerprint density at radius 1 is 1.26 bits per heavy atom. The van der Waals surface area contributed by atoms with E-state index in [9.17, 15) is 9.59 Å². The van der Waals surface area contributed by atoms with Gasteiger partial charge in [0.2, 0.25) is 11.8 Å². The van der Waals surface area contributed by atoms with Crippen LogP contribution in [0.25, 0.3) is 0 Å². The standard InChI is InChI=1S/C20H28Cl2N2O3/c1-14-5-3-4-6-17(14)23-20(26)19(15-7-9-16(22)10-8-15)24(11-12-27-2)18(25)13-21/h7-10,14,17,19H,3-6,11-13H2,1-2H3,(H,23,26)/t14-,17+,19-/m0/s1. The predicted molar refractivity (Wildman–Crippen MR) is 108 cm³/mol. The number of halogens is 2. The van der Waals surface area contributed by atoms with E-state index >= 15 is 0 Å². The monoisotopic (exact) mass is 414 g/mol. The molecular weight excluding hydrogens is 387 g/mol. The van der Waals surface area contributed by atoms with E-state index in [1.807, 2.05) is 0 Å². The summed E-state index contributed by atoms with van der Waals surface area (Å²) in [6.45, 7) is 2.76. The van der Waals surface area contributed by atoms with Crippen molar-refractivity contribution in [3.63, 3.8) is 0 Å². The highest BCUT2D eigenvalue weighted by Gasteiger charge is 2.33. The molecule has 1 saturated carbocycles. The number of rotatable bonds is 8. The maximum absolute atomic E-state index is 13.2. The molecule has 27 heavy (non-hydrogen) atoms. The molecule has 0 aliphatic heterocycles. The average molecular weight is 415 g/mol. The highest BCUT2D eigenvalue weighted by Crippen LogP contribution is 2.27. The van der Waals surface area contributed by atoms with Crippen LogP contribution in [0.15, 0.2) is 24.3 Å². The van der Waals surface area contributed by atoms with Gasteiger partial charge in [-0.2, -0.15) is 0 Å². The first kappa shape index (κ1) is 22.0. The van der Waals surface area contributed by atoms with Crippen LogP contribution in [0.5, 0.6) is 0 Å². The van der Waals surface area contributed by atoms with Gasteiger partial charge >= 0.3 is 0 Å². The van der Waals surface area contributed by atoms with Gasteiger partial charge in [-0.15, -0.1) is 11.6 Å². The lowest BCUT2D eigenvalue weighted by Crippen LogP contribution is -2.49. The number of carbonyl (C=O) groups excluding carboxylic acids is 2. The van der Waals surface area contributed by atoms with Gasteiger partial charge in [0.05, 0.1) is 6.61 Å². The molecule has 0 unspecified atom stereocenters. The zero-order chi connectivity index (χ0) is 19.8. The molecule has 1 N–H and O–H groups in total. The van der Waals surface area contributed by atoms with Crippen molar-refractivity contribution < 1.29 is 14.3 Å². The second-order valence-corrected chi connectivity index (χ2v) is 7.75. The Balaban J connectivity index is 2.30. The van der Waals surface area contributed by atoms with Crippen molar-refractivity contribution in [2.45, 2.75) is 44.7 Å². The van der Waals surface area contributed by atoms with Gasteiger partial charge in [0.25, 0.3) is 0 Å². The zero-order valence-corrected chi connectivity index (χ0v) is 17.4. The minimum absolute atomic E-state index is 0.122. The lowest BCUT2D eigenvalue weighted by Gasteiger charge is -2.35. The second-order valence-electron chi connectivity index (χ2n) is 7.04. The van der Waals surface area contributed by atoms with Crippen LogP contribution in [0.2, 0.25) is 5.02 Å². The molecular formula is C20H28Cl2N2O3. The number of alkyl halides is 1. The maximum atomic E-state index is 13.2. The van der Waals surface area contributed by atoms with Crippen LogP contribution in [0.1, 0.15) is 44.2 Å². The van der Waals surface area contributed by atoms with Gasteiger partial charge in [-0.1, -0.05) is 43.5 Å². The molecule has 1 fully saturated rings. The topological polar surface area (TPSA) is 58.6 Å². The van der Waals surface area contributed by atoms with Gasteiger partial charge in [-0.3, -0.25) is 9.59 Å². The lowest BCUT2D eigenvalue weighted by atomic mass is 9.85. The summed E-state index contributed by atoms with van der Waals surface area (Å²) in [6, 6.07) is 6.35. The summed E-state index contributed by atoms with van der Waals surface area (Å²) < 4.78 is 5.13. The van der Waals surface area contributed by atoms with Crippen molar-refractivity contribution in [1.29, 1.82) is 0 Å². The molecule has 3 atom stereocenters. The molecule has 0 radical (unpaired) electrons. The normalized spacial score (nSPS) is 20.7. The third kappa shape index (κ3) is 6.09. The molecule has 0 heterocycles. The molecule has 1 aliphatic rings. The minimum Gasteiger partial charge on any atom is -0.383 e. The Bertz CT molecular complexity index is 624. The fraction of sp³-hybridized carbons (Fsp3) is 0.600. The summed E-state index contributed by atoms with van der Waals surface area (Å²) in [7, 11) is 1.56. The predicted octanol–water partition coefficient (Wildman–Crippen LogP) is 3.79. The Morgan fingerprint density at radius 2 is 1.93 bits per heavy atom. The summed E-state index contributed by atoms with van der Waals surface area (Å²) in [6.07, 6.45) is 4.36. The number of nitrogens with one attached hydrogen (secondary N) is 1. The summed E-state index contributed by atoms with van der Waals surface area (Å²) >= 11 is 11.8. The molecule has 1 aliphatic carbocycles. The first-order chi connectivity index (χ1) is 13.0. The molecule has 150 valence electrons. The number of amides is 2. The molecule has 1 aromatic carbocycles. The number of nitrogens with zero attached hydrogens (tertiary/aromatic N) is 1. The lowest BCUT2D eigenvalue weighted by molar-refractivity contribution is -0.140. The van der Waals surface area contributed by atoms with Gasteiger partial charge in [0, 0.05) is 24.7 Å². The van der Waals surface area contributed by atoms with Gasteiger partial charge in [0.1, 0.15) is 11.9 Å². The highest BCUT2D eigenvalue weighted by atomic mass is 35.5. The molecule has 0 saturated heterocycles. The van der Waals surface area contributed by atoms with Crippen LogP contribution in [-0.4, -0.2) is 48.9 Å². The number of methoxy groups -OCH3 is 1. The molecule has 0 bridgehead atoms. The Labute approximate surface area is 171 Å². The van der Waals surface area contributed by atoms with Crippen molar-refractivity contribution in [3.05, 3.63) is 34.9 Å². The number of carbonyl (C=O) groups is 2. The summed E-state index contributed by atoms with van der Waals surface area (Å²) in [5, 5.41) is 3.74. The quantitative estimate of drug-likeness (QED) is 0.658. The SMILES string of the molecule is COCCN(C(=O)CCl)[C@H](C(=O)N[C@@H]1CCCC[C@@H]1C)c1ccc(Cl)cc1. The fourth-order valence-corrected chi connectivity index (χ4v) is 3.85. The largest absolute Gasteiger partial charge is 0.383 e. The van der Waals surface area contributed by atoms with Crippen LogP contribution in [-0.2, 0) is 14.3 Å². The van der Waals surface area contributed by atoms with Crippen LogP contribution >= 0.6 is 23.2 Å². The second kappa shape index (κ2) is 10.9. The Kier molecular flexibility index (Phi) is 8.87. The van der Waals surface area contributed by atoms with E-state index in [2.05, 4.69) is 12.2 Å². The van der Waals surface area contributed by atoms with Gasteiger partial charge < -0.3 is 15.0 Å². The van der Waals surface area contributed by atoms with Gasteiger partial charge in [0.15, 0.2) is 0 Å². The Hall–Kier alpha value is -1.30. The number of ether oxygens (including phenoxy) is 1. The fourth-order valence-electron chi connectivity index (χ4n) is 3.57. The van der Waals surface area contributed by atoms with E-state index in [-0.39, 0.29) is 30.3 Å². The number of benzene rings is 1. The van der Waals surface area contributed by atoms with E-state index in [1.165, 1.54) is 11.3 Å². The molecule has 5 nitrogen and oxygen atoms in total. The zero-order valence-electron chi connectivity index (χ0n) is 15.9. The summed E-state index contributed by atoms with van der Waals surface area (Å²) in [5.74, 6) is -0.267. The molecule has 2 amide bonds. The molecule has 1 aromatic rings. The highest BCUT2D eigenvalue weighted by molar-refractivity contribution is 6.30. The molecule has 2 rings (SSSR count). The van der Waals surface area contributed by atoms with E-state index in [1.54, 1.807) is 31.4 Å². The van der Waals surface area contributed by atoms with Crippen molar-refractivity contribution in [2.75, 3.05) is 26.1 Å². The molecule has 0 aromatic heterocycles. The third-order valence-corrected chi connectivity index (χ3v) is 5.64. The first-order valence-electron chi connectivity index (χ1n) is 9.38. The number of hydrogen-bond donors (Lipinski definition) is 1. The van der Waals surface area contributed by atoms with Crippen LogP contribution in [0.3, 0.4) is 0 Å². The first-order valence-corrected chi connectivity index (χ1v) is 10.3. The van der Waals surface area contributed by atoms with E-state index in [0.717, 1.165) is 19.3 Å². The third-order valence-electron chi connectivity index (χ3n) is 5.16. The van der Waals surface area contributed by atoms with E-state index < -0.39 is 6.04 Å². The summed E-state index contributed by atoms with van der Waals surface area (Å²) in [5.41, 5.74) is 0.704. The van der Waals surface area contributed by atoms with E-state index in [4.69, 9.17) is 27.9 Å². The van der Waals surface area contributed by atoms with E-state index in [0.29, 0.717) is 23.1 Å². The minimum atomic E-state index is -0.766. The number of hydrogen-bond acceptors (Lipinski definition) is 3. The van der Waals surface area contributed by atoms with Crippen LogP contribution in [0.4, 0.5) is 0 Å². The Morgan fingerprint density at radius 3 is 2.52 bits per heavy atom. The average Bonchev–Trinajstić information content (AvgIpc) is 2.67.